The third-order valence-corrected chi connectivity index (χ3v) is 2.73. The van der Waals surface area contributed by atoms with Crippen LogP contribution in [-0.4, -0.2) is 12.1 Å². The van der Waals surface area contributed by atoms with Crippen molar-refractivity contribution in [3.05, 3.63) is 36.2 Å². The Hall–Kier alpha value is -1.77. The summed E-state index contributed by atoms with van der Waals surface area (Å²) >= 11 is 0. The smallest absolute Gasteiger partial charge is 0.229 e. The molecule has 0 aliphatic heterocycles. The molecule has 2 rings (SSSR count). The van der Waals surface area contributed by atoms with Gasteiger partial charge in [0.15, 0.2) is 0 Å². The first kappa shape index (κ1) is 11.7. The molecule has 1 heterocycles. The molecule has 1 aromatic carbocycles. The number of oxazole rings is 1. The lowest BCUT2D eigenvalue weighted by Crippen LogP contribution is -2.11. The number of ether oxygens (including phenoxy) is 1. The Balaban J connectivity index is 2.50. The highest BCUT2D eigenvalue weighted by Crippen LogP contribution is 2.33. The van der Waals surface area contributed by atoms with E-state index in [0.29, 0.717) is 5.89 Å². The van der Waals surface area contributed by atoms with E-state index in [1.54, 1.807) is 19.6 Å². The zero-order valence-electron chi connectivity index (χ0n) is 10.7. The molecule has 0 N–H and O–H groups in total. The van der Waals surface area contributed by atoms with E-state index in [1.807, 2.05) is 12.1 Å². The van der Waals surface area contributed by atoms with Crippen molar-refractivity contribution in [2.24, 2.45) is 0 Å². The Morgan fingerprint density at radius 3 is 2.53 bits per heavy atom. The molecule has 17 heavy (non-hydrogen) atoms. The fraction of sp³-hybridized carbons (Fsp3) is 0.357. The number of benzene rings is 1. The van der Waals surface area contributed by atoms with Crippen LogP contribution in [0.5, 0.6) is 5.75 Å². The summed E-state index contributed by atoms with van der Waals surface area (Å²) in [7, 11) is 1.66. The maximum Gasteiger partial charge on any atom is 0.229 e. The summed E-state index contributed by atoms with van der Waals surface area (Å²) in [6.45, 7) is 6.52. The Labute approximate surface area is 101 Å². The van der Waals surface area contributed by atoms with E-state index in [9.17, 15) is 0 Å². The van der Waals surface area contributed by atoms with Gasteiger partial charge in [0.1, 0.15) is 12.0 Å². The summed E-state index contributed by atoms with van der Waals surface area (Å²) < 4.78 is 10.7. The molecular weight excluding hydrogens is 214 g/mol. The normalized spacial score (nSPS) is 11.5. The maximum atomic E-state index is 5.40. The highest BCUT2D eigenvalue weighted by Gasteiger charge is 2.17. The van der Waals surface area contributed by atoms with Crippen LogP contribution in [-0.2, 0) is 5.41 Å². The molecule has 0 amide bonds. The van der Waals surface area contributed by atoms with E-state index < -0.39 is 0 Å². The molecule has 0 saturated carbocycles. The summed E-state index contributed by atoms with van der Waals surface area (Å²) in [6.07, 6.45) is 3.19. The summed E-state index contributed by atoms with van der Waals surface area (Å²) in [6, 6.07) is 6.12. The van der Waals surface area contributed by atoms with Crippen molar-refractivity contribution in [2.45, 2.75) is 26.2 Å². The summed E-state index contributed by atoms with van der Waals surface area (Å²) in [4.78, 5) is 4.14. The number of aromatic nitrogens is 1. The van der Waals surface area contributed by atoms with E-state index in [4.69, 9.17) is 9.15 Å². The van der Waals surface area contributed by atoms with Gasteiger partial charge in [0.05, 0.1) is 18.9 Å². The number of hydrogen-bond acceptors (Lipinski definition) is 3. The van der Waals surface area contributed by atoms with Crippen molar-refractivity contribution >= 4 is 0 Å². The van der Waals surface area contributed by atoms with Crippen molar-refractivity contribution in [3.8, 4) is 17.2 Å². The second kappa shape index (κ2) is 4.24. The van der Waals surface area contributed by atoms with Gasteiger partial charge in [0.2, 0.25) is 5.89 Å². The molecule has 1 aromatic heterocycles. The number of hydrogen-bond donors (Lipinski definition) is 0. The summed E-state index contributed by atoms with van der Waals surface area (Å²) in [5, 5.41) is 0. The number of nitrogens with zero attached hydrogens (tertiary/aromatic N) is 1. The molecule has 0 saturated heterocycles. The zero-order valence-corrected chi connectivity index (χ0v) is 10.7. The van der Waals surface area contributed by atoms with E-state index in [0.717, 1.165) is 11.3 Å². The lowest BCUT2D eigenvalue weighted by molar-refractivity contribution is 0.412. The first-order chi connectivity index (χ1) is 8.02. The molecular formula is C14H17NO2. The van der Waals surface area contributed by atoms with Crippen LogP contribution < -0.4 is 4.74 Å². The lowest BCUT2D eigenvalue weighted by Gasteiger charge is -2.20. The fourth-order valence-corrected chi connectivity index (χ4v) is 1.69. The second-order valence-corrected chi connectivity index (χ2v) is 5.00. The second-order valence-electron chi connectivity index (χ2n) is 5.00. The third-order valence-electron chi connectivity index (χ3n) is 2.73. The Kier molecular flexibility index (Phi) is 2.92. The van der Waals surface area contributed by atoms with Crippen LogP contribution in [0.2, 0.25) is 0 Å². The summed E-state index contributed by atoms with van der Waals surface area (Å²) in [5.41, 5.74) is 2.21. The predicted molar refractivity (Wildman–Crippen MR) is 67.2 cm³/mol. The minimum atomic E-state index is 0.0996. The molecule has 2 aromatic rings. The van der Waals surface area contributed by atoms with Gasteiger partial charge in [-0.15, -0.1) is 0 Å². The van der Waals surface area contributed by atoms with E-state index in [-0.39, 0.29) is 5.41 Å². The minimum Gasteiger partial charge on any atom is -0.496 e. The standard InChI is InChI=1S/C14H17NO2/c1-14(2,3)10-5-6-11(12(9-10)16-4)13-15-7-8-17-13/h5-9H,1-4H3. The van der Waals surface area contributed by atoms with Crippen LogP contribution in [0, 0.1) is 0 Å². The predicted octanol–water partition coefficient (Wildman–Crippen LogP) is 3.65. The van der Waals surface area contributed by atoms with Gasteiger partial charge >= 0.3 is 0 Å². The van der Waals surface area contributed by atoms with Gasteiger partial charge in [-0.2, -0.15) is 0 Å². The van der Waals surface area contributed by atoms with Crippen molar-refractivity contribution in [3.63, 3.8) is 0 Å². The zero-order chi connectivity index (χ0) is 12.5. The Morgan fingerprint density at radius 1 is 1.24 bits per heavy atom. The highest BCUT2D eigenvalue weighted by molar-refractivity contribution is 5.63. The maximum absolute atomic E-state index is 5.40. The van der Waals surface area contributed by atoms with Gasteiger partial charge in [-0.05, 0) is 23.1 Å². The Morgan fingerprint density at radius 2 is 2.00 bits per heavy atom. The van der Waals surface area contributed by atoms with Crippen LogP contribution in [0.25, 0.3) is 11.5 Å². The first-order valence-electron chi connectivity index (χ1n) is 5.61. The average Bonchev–Trinajstić information content (AvgIpc) is 2.80. The van der Waals surface area contributed by atoms with Gasteiger partial charge < -0.3 is 9.15 Å². The molecule has 0 spiro atoms. The molecule has 90 valence electrons. The molecule has 0 aliphatic rings. The van der Waals surface area contributed by atoms with Gasteiger partial charge in [0, 0.05) is 0 Å². The molecule has 0 unspecified atom stereocenters. The molecule has 3 nitrogen and oxygen atoms in total. The number of rotatable bonds is 2. The number of methoxy groups -OCH3 is 1. The first-order valence-corrected chi connectivity index (χ1v) is 5.61. The average molecular weight is 231 g/mol. The van der Waals surface area contributed by atoms with E-state index in [2.05, 4.69) is 31.8 Å². The van der Waals surface area contributed by atoms with Crippen molar-refractivity contribution < 1.29 is 9.15 Å². The van der Waals surface area contributed by atoms with Crippen LogP contribution >= 0.6 is 0 Å². The van der Waals surface area contributed by atoms with Crippen molar-refractivity contribution in [1.82, 2.24) is 4.98 Å². The molecule has 3 heteroatoms. The molecule has 0 atom stereocenters. The minimum absolute atomic E-state index is 0.0996. The highest BCUT2D eigenvalue weighted by atomic mass is 16.5. The van der Waals surface area contributed by atoms with Gasteiger partial charge in [0.25, 0.3) is 0 Å². The van der Waals surface area contributed by atoms with Crippen LogP contribution in [0.15, 0.2) is 35.1 Å². The SMILES string of the molecule is COc1cc(C(C)(C)C)ccc1-c1ncco1. The topological polar surface area (TPSA) is 35.3 Å². The van der Waals surface area contributed by atoms with Crippen LogP contribution in [0.1, 0.15) is 26.3 Å². The van der Waals surface area contributed by atoms with E-state index >= 15 is 0 Å². The van der Waals surface area contributed by atoms with Crippen molar-refractivity contribution in [2.75, 3.05) is 7.11 Å². The molecule has 0 bridgehead atoms. The molecule has 0 fully saturated rings. The lowest BCUT2D eigenvalue weighted by atomic mass is 9.86. The van der Waals surface area contributed by atoms with Crippen LogP contribution in [0.4, 0.5) is 0 Å². The van der Waals surface area contributed by atoms with Crippen molar-refractivity contribution in [1.29, 1.82) is 0 Å². The summed E-state index contributed by atoms with van der Waals surface area (Å²) in [5.74, 6) is 1.38. The van der Waals surface area contributed by atoms with Gasteiger partial charge in [-0.1, -0.05) is 26.8 Å². The van der Waals surface area contributed by atoms with Gasteiger partial charge in [-0.3, -0.25) is 0 Å². The monoisotopic (exact) mass is 231 g/mol. The van der Waals surface area contributed by atoms with E-state index in [1.165, 1.54) is 5.56 Å². The Bertz CT molecular complexity index is 495. The molecule has 0 radical (unpaired) electrons. The van der Waals surface area contributed by atoms with Crippen LogP contribution in [0.3, 0.4) is 0 Å². The quantitative estimate of drug-likeness (QED) is 0.791. The largest absolute Gasteiger partial charge is 0.496 e. The fourth-order valence-electron chi connectivity index (χ4n) is 1.69. The molecule has 0 aliphatic carbocycles. The third kappa shape index (κ3) is 2.33. The van der Waals surface area contributed by atoms with Gasteiger partial charge in [-0.25, -0.2) is 4.98 Å².